The number of non-ortho nitro benzene ring substituents is 1. The standard InChI is InChI=1S/C14H23NO.C12H15ClO2.C12H16O2.C11H13N.C11H14O2.C10H13Cl.C10H13NO2.C10H11N.C10H14O2S.C10H14O.C9H11NO2.C9H12/c1-14(2,3)12-7-6-8-13(11-12)16-10-9-15(4)5;1-4-15-12(14)9-5-6-11(13)10(7-9)8(2)3;1-12(2,3)10-8-6-5-7-9(10)11(13)14-4;1-11(2,3)9-5-7-10(12-4)8-6-9;1-8(2)9-5-4-6-10(7-9)11(12)13-3;1-10(2,3)8-6-4-5-7-9(8)11;1-10(2,3)8-6-4-5-7-9(8)11(12)13;1-8(2)10-6-4-3-5-9(10)7-11;1-8(2)9-4-6-10(7-5-9)13-12-11-3;1-8(2)9-5-4-6-10(7-9)11-3;1-7(2)8-3-5-9(6-4-8)10(11)12;1-8(2)9-6-4-3-5-7-9/h6-8,11H,9-10H2,1-5H3;5-8H,4H2,1-3H3;5-8H,1-4H3;5-8H,1-3H3;4-8H,1-3H3;4-7H,1-3H3;4-7H,1-3H3;3-6,8H,1-2H3;4-8H,1-3H3;4-8H,1-3H3;3-7H,1-2H3;3-8H,1-2H3. The number of nitro groups is 2. The first-order valence-electron chi connectivity index (χ1n) is 50.8. The van der Waals surface area contributed by atoms with Crippen molar-refractivity contribution in [1.82, 2.24) is 4.90 Å². The summed E-state index contributed by atoms with van der Waals surface area (Å²) in [7, 11) is 10.1. The minimum Gasteiger partial charge on any atom is -0.497 e. The van der Waals surface area contributed by atoms with Gasteiger partial charge in [0, 0.05) is 45.2 Å². The quantitative estimate of drug-likeness (QED) is 0.0124. The van der Waals surface area contributed by atoms with Crippen LogP contribution in [0.1, 0.15) is 353 Å². The number of hydrogen-bond acceptors (Lipinski definition) is 17. The summed E-state index contributed by atoms with van der Waals surface area (Å²) in [6.45, 7) is 72.1. The first-order chi connectivity index (χ1) is 70.2. The van der Waals surface area contributed by atoms with Crippen molar-refractivity contribution in [2.24, 2.45) is 0 Å². The first kappa shape index (κ1) is 135. The summed E-state index contributed by atoms with van der Waals surface area (Å²) in [5.41, 5.74) is 18.1. The number of methoxy groups -OCH3 is 3. The minimum absolute atomic E-state index is 0.0369. The van der Waals surface area contributed by atoms with E-state index >= 15 is 0 Å². The van der Waals surface area contributed by atoms with E-state index in [0.717, 1.165) is 73.5 Å². The normalized spacial score (nSPS) is 10.7. The van der Waals surface area contributed by atoms with Crippen LogP contribution in [0.4, 0.5) is 17.1 Å². The average Bonchev–Trinajstić information content (AvgIpc) is 0.813. The number of para-hydroxylation sites is 1. The van der Waals surface area contributed by atoms with E-state index in [-0.39, 0.29) is 66.2 Å². The maximum atomic E-state index is 11.5. The Kier molecular flexibility index (Phi) is 62.7. The number of nitro benzene ring substituents is 2. The van der Waals surface area contributed by atoms with E-state index in [0.29, 0.717) is 75.4 Å². The third-order valence-electron chi connectivity index (χ3n) is 22.6. The fourth-order valence-corrected chi connectivity index (χ4v) is 14.7. The van der Waals surface area contributed by atoms with Gasteiger partial charge in [0.15, 0.2) is 5.69 Å². The molecule has 0 radical (unpaired) electrons. The van der Waals surface area contributed by atoms with E-state index in [2.05, 4.69) is 279 Å². The molecular weight excluding hydrogens is 1930 g/mol. The number of nitriles is 1. The molecule has 0 bridgehead atoms. The van der Waals surface area contributed by atoms with Gasteiger partial charge in [-0.1, -0.05) is 412 Å². The molecule has 0 heterocycles. The number of ether oxygens (including phenoxy) is 5. The molecule has 0 fully saturated rings. The Bertz CT molecular complexity index is 6030. The second-order valence-corrected chi connectivity index (χ2v) is 44.2. The molecule has 0 aliphatic rings. The van der Waals surface area contributed by atoms with Crippen molar-refractivity contribution in [2.75, 3.05) is 62.3 Å². The zero-order valence-electron chi connectivity index (χ0n) is 96.0. The molecular formula is C128H169Cl2N5O14S. The van der Waals surface area contributed by atoms with Gasteiger partial charge in [-0.3, -0.25) is 20.2 Å². The summed E-state index contributed by atoms with van der Waals surface area (Å²) in [4.78, 5) is 65.3. The molecule has 0 unspecified atom stereocenters. The highest BCUT2D eigenvalue weighted by Crippen LogP contribution is 2.35. The highest BCUT2D eigenvalue weighted by Gasteiger charge is 2.25. The predicted molar refractivity (Wildman–Crippen MR) is 627 cm³/mol. The summed E-state index contributed by atoms with van der Waals surface area (Å²) >= 11 is 13.2. The van der Waals surface area contributed by atoms with Crippen molar-refractivity contribution in [3.05, 3.63) is 422 Å². The molecule has 0 N–H and O–H groups in total. The van der Waals surface area contributed by atoms with Gasteiger partial charge in [0.1, 0.15) is 18.1 Å². The summed E-state index contributed by atoms with van der Waals surface area (Å²) in [6, 6.07) is 94.8. The van der Waals surface area contributed by atoms with Gasteiger partial charge in [-0.2, -0.15) is 9.60 Å². The number of hydrogen-bond donors (Lipinski definition) is 0. The number of rotatable bonds is 21. The Morgan fingerprint density at radius 3 is 1.28 bits per heavy atom. The lowest BCUT2D eigenvalue weighted by Gasteiger charge is -2.21. The Morgan fingerprint density at radius 2 is 0.853 bits per heavy atom. The zero-order valence-corrected chi connectivity index (χ0v) is 98.3. The molecule has 0 atom stereocenters. The first-order valence-corrected chi connectivity index (χ1v) is 52.3. The van der Waals surface area contributed by atoms with Gasteiger partial charge in [0.2, 0.25) is 0 Å². The van der Waals surface area contributed by atoms with Gasteiger partial charge in [-0.15, -0.1) is 0 Å². The van der Waals surface area contributed by atoms with Crippen LogP contribution in [0.2, 0.25) is 10.0 Å². The molecule has 0 saturated heterocycles. The van der Waals surface area contributed by atoms with Crippen molar-refractivity contribution in [3.63, 3.8) is 0 Å². The molecule has 150 heavy (non-hydrogen) atoms. The summed E-state index contributed by atoms with van der Waals surface area (Å²) in [5.74, 6) is 4.46. The fraction of sp³-hybridized carbons (Fsp3) is 0.398. The third-order valence-corrected chi connectivity index (χ3v) is 24.0. The van der Waals surface area contributed by atoms with E-state index < -0.39 is 0 Å². The van der Waals surface area contributed by atoms with Crippen molar-refractivity contribution in [1.29, 1.82) is 5.26 Å². The van der Waals surface area contributed by atoms with Gasteiger partial charge >= 0.3 is 17.9 Å². The van der Waals surface area contributed by atoms with Crippen LogP contribution in [-0.2, 0) is 50.5 Å². The Balaban J connectivity index is 0.000000820. The molecule has 0 aromatic heterocycles. The van der Waals surface area contributed by atoms with Crippen LogP contribution < -0.4 is 9.47 Å². The second-order valence-electron chi connectivity index (χ2n) is 42.7. The van der Waals surface area contributed by atoms with E-state index in [1.165, 1.54) is 78.9 Å². The van der Waals surface area contributed by atoms with E-state index in [4.69, 9.17) is 58.3 Å². The lowest BCUT2D eigenvalue weighted by molar-refractivity contribution is -0.386. The van der Waals surface area contributed by atoms with Crippen molar-refractivity contribution >= 4 is 70.2 Å². The van der Waals surface area contributed by atoms with Crippen molar-refractivity contribution < 1.29 is 57.1 Å². The Hall–Kier alpha value is -12.8. The molecule has 22 heteroatoms. The highest BCUT2D eigenvalue weighted by molar-refractivity contribution is 7.94. The lowest BCUT2D eigenvalue weighted by Crippen LogP contribution is -2.19. The van der Waals surface area contributed by atoms with Gasteiger partial charge in [-0.25, -0.2) is 24.1 Å². The van der Waals surface area contributed by atoms with Crippen LogP contribution in [0.5, 0.6) is 11.5 Å². The van der Waals surface area contributed by atoms with Crippen LogP contribution >= 0.6 is 35.2 Å². The number of carbonyl (C=O) groups excluding carboxylic acids is 3. The van der Waals surface area contributed by atoms with Crippen LogP contribution in [0.15, 0.2) is 296 Å². The molecule has 0 aliphatic heterocycles. The number of carbonyl (C=O) groups is 3. The maximum absolute atomic E-state index is 11.5. The van der Waals surface area contributed by atoms with Crippen LogP contribution in [0, 0.1) is 38.1 Å². The molecule has 0 amide bonds. The number of halogens is 2. The monoisotopic (exact) mass is 2100 g/mol. The number of benzene rings is 12. The fourth-order valence-electron chi connectivity index (χ4n) is 13.6. The summed E-state index contributed by atoms with van der Waals surface area (Å²) in [5, 5.41) is 31.2. The second kappa shape index (κ2) is 69.6. The molecule has 12 aromatic carbocycles. The largest absolute Gasteiger partial charge is 0.497 e. The minimum atomic E-state index is -0.385. The molecule has 0 aliphatic carbocycles. The number of esters is 3. The van der Waals surface area contributed by atoms with E-state index in [1.807, 2.05) is 180 Å². The van der Waals surface area contributed by atoms with Gasteiger partial charge < -0.3 is 28.6 Å². The predicted octanol–water partition coefficient (Wildman–Crippen LogP) is 36.4. The number of nitrogens with zero attached hydrogens (tertiary/aromatic N) is 5. The van der Waals surface area contributed by atoms with Crippen molar-refractivity contribution in [2.45, 2.75) is 281 Å². The van der Waals surface area contributed by atoms with Crippen LogP contribution in [0.3, 0.4) is 0 Å². The third kappa shape index (κ3) is 53.6. The molecule has 12 aromatic rings. The average molecular weight is 2100 g/mol. The Labute approximate surface area is 914 Å². The van der Waals surface area contributed by atoms with Crippen LogP contribution in [0.25, 0.3) is 4.85 Å². The summed E-state index contributed by atoms with van der Waals surface area (Å²) < 4.78 is 29.8. The topological polar surface area (TPSA) is 233 Å². The molecule has 810 valence electrons. The van der Waals surface area contributed by atoms with Gasteiger partial charge in [0.05, 0.1) is 91.8 Å². The Morgan fingerprint density at radius 1 is 0.413 bits per heavy atom. The molecule has 0 spiro atoms. The molecule has 19 nitrogen and oxygen atoms in total. The highest BCUT2D eigenvalue weighted by atomic mass is 35.5. The van der Waals surface area contributed by atoms with E-state index in [9.17, 15) is 34.6 Å². The smallest absolute Gasteiger partial charge is 0.338 e. The van der Waals surface area contributed by atoms with Crippen LogP contribution in [-0.4, -0.2) is 94.9 Å². The molecule has 12 rings (SSSR count). The summed E-state index contributed by atoms with van der Waals surface area (Å²) in [6.07, 6.45) is 0. The van der Waals surface area contributed by atoms with Gasteiger partial charge in [-0.05, 0) is 236 Å². The SMILES string of the molecule is CC(C)(C)c1ccccc1Cl.CC(C)(C)c1ccccc1[N+](=O)[O-].CC(C)c1ccc([N+](=O)[O-])cc1.CC(C)c1ccccc1.CC(C)c1ccccc1C#N.CCOC(=O)c1ccc(Cl)c(C(C)C)c1.CN(C)CCOc1cccc(C(C)(C)C)c1.COC(=O)c1cccc(C(C)C)c1.COC(=O)c1ccccc1C(C)(C)C.COOSc1ccc(C(C)C)cc1.COc1cccc(C(C)C)c1.[C-]#[N+]c1ccc(C(C)(C)C)cc1. The lowest BCUT2D eigenvalue weighted by atomic mass is 9.84. The van der Waals surface area contributed by atoms with Gasteiger partial charge in [0.25, 0.3) is 11.4 Å². The zero-order chi connectivity index (χ0) is 114. The van der Waals surface area contributed by atoms with E-state index in [1.54, 1.807) is 74.7 Å². The molecule has 0 saturated carbocycles. The maximum Gasteiger partial charge on any atom is 0.338 e. The number of likely N-dealkylation sites (N-methyl/N-ethyl adjacent to an activating group) is 1. The van der Waals surface area contributed by atoms with Crippen molar-refractivity contribution in [3.8, 4) is 17.6 Å².